The minimum Gasteiger partial charge on any atom is -0.295 e. The molecule has 1 atom stereocenters. The molecule has 3 aromatic carbocycles. The predicted molar refractivity (Wildman–Crippen MR) is 117 cm³/mol. The summed E-state index contributed by atoms with van der Waals surface area (Å²) in [6, 6.07) is 29.9. The van der Waals surface area contributed by atoms with Gasteiger partial charge in [0, 0.05) is 13.1 Å². The number of Topliss-reactive ketones (excluding diaryl/α,β-unsaturated/α-hetero) is 1. The van der Waals surface area contributed by atoms with Crippen molar-refractivity contribution in [3.05, 3.63) is 108 Å². The van der Waals surface area contributed by atoms with Gasteiger partial charge in [0.25, 0.3) is 0 Å². The molecule has 0 heterocycles. The van der Waals surface area contributed by atoms with Gasteiger partial charge in [0.2, 0.25) is 0 Å². The quantitative estimate of drug-likeness (QED) is 0.422. The molecule has 0 aliphatic heterocycles. The molecular formula is C24H23Cl2NO. The van der Waals surface area contributed by atoms with Gasteiger partial charge < -0.3 is 0 Å². The van der Waals surface area contributed by atoms with Crippen molar-refractivity contribution in [2.45, 2.75) is 30.4 Å². The second kappa shape index (κ2) is 10.4. The summed E-state index contributed by atoms with van der Waals surface area (Å²) in [6.07, 6.45) is 0.565. The minimum absolute atomic E-state index is 0.168. The molecule has 0 N–H and O–H groups in total. The van der Waals surface area contributed by atoms with Crippen molar-refractivity contribution in [3.8, 4) is 0 Å². The van der Waals surface area contributed by atoms with Crippen molar-refractivity contribution < 1.29 is 4.79 Å². The normalized spacial score (nSPS) is 12.3. The van der Waals surface area contributed by atoms with Crippen LogP contribution in [0.3, 0.4) is 0 Å². The molecule has 1 unspecified atom stereocenters. The molecule has 0 fully saturated rings. The number of hydrogen-bond acceptors (Lipinski definition) is 2. The molecule has 0 amide bonds. The molecule has 0 saturated heterocycles. The van der Waals surface area contributed by atoms with Crippen molar-refractivity contribution in [1.29, 1.82) is 0 Å². The van der Waals surface area contributed by atoms with Crippen molar-refractivity contribution in [2.24, 2.45) is 0 Å². The van der Waals surface area contributed by atoms with Crippen LogP contribution in [-0.4, -0.2) is 21.6 Å². The summed E-state index contributed by atoms with van der Waals surface area (Å²) in [5.74, 6) is -0.168. The number of rotatable bonds is 9. The van der Waals surface area contributed by atoms with Crippen molar-refractivity contribution in [3.63, 3.8) is 0 Å². The standard InChI is InChI=1S/C24H23Cl2NO/c25-24(26)23(28)22(16-19-10-4-1-5-11-19)27(17-20-12-6-2-7-13-20)18-21-14-8-3-9-15-21/h1-15,22,24H,16-18H2. The molecule has 144 valence electrons. The lowest BCUT2D eigenvalue weighted by Gasteiger charge is -2.31. The van der Waals surface area contributed by atoms with Crippen LogP contribution in [0.1, 0.15) is 16.7 Å². The van der Waals surface area contributed by atoms with E-state index in [2.05, 4.69) is 29.2 Å². The van der Waals surface area contributed by atoms with E-state index in [-0.39, 0.29) is 5.78 Å². The number of benzene rings is 3. The maximum Gasteiger partial charge on any atom is 0.183 e. The van der Waals surface area contributed by atoms with Crippen LogP contribution >= 0.6 is 23.2 Å². The number of nitrogens with zero attached hydrogens (tertiary/aromatic N) is 1. The highest BCUT2D eigenvalue weighted by Gasteiger charge is 2.30. The minimum atomic E-state index is -1.05. The molecule has 0 aliphatic carbocycles. The van der Waals surface area contributed by atoms with E-state index < -0.39 is 10.9 Å². The summed E-state index contributed by atoms with van der Waals surface area (Å²) < 4.78 is 0. The molecule has 28 heavy (non-hydrogen) atoms. The third-order valence-electron chi connectivity index (χ3n) is 4.71. The average Bonchev–Trinajstić information content (AvgIpc) is 2.73. The Morgan fingerprint density at radius 2 is 1.07 bits per heavy atom. The van der Waals surface area contributed by atoms with Crippen LogP contribution in [0.15, 0.2) is 91.0 Å². The van der Waals surface area contributed by atoms with Gasteiger partial charge in [-0.2, -0.15) is 0 Å². The monoisotopic (exact) mass is 411 g/mol. The fraction of sp³-hybridized carbons (Fsp3) is 0.208. The summed E-state index contributed by atoms with van der Waals surface area (Å²) in [5, 5.41) is 0. The van der Waals surface area contributed by atoms with Crippen molar-refractivity contribution in [1.82, 2.24) is 4.90 Å². The molecule has 0 spiro atoms. The molecule has 2 nitrogen and oxygen atoms in total. The van der Waals surface area contributed by atoms with Gasteiger partial charge in [0.1, 0.15) is 0 Å². The van der Waals surface area contributed by atoms with E-state index in [0.29, 0.717) is 19.5 Å². The second-order valence-electron chi connectivity index (χ2n) is 6.78. The Morgan fingerprint density at radius 3 is 1.46 bits per heavy atom. The highest BCUT2D eigenvalue weighted by molar-refractivity contribution is 6.54. The fourth-order valence-corrected chi connectivity index (χ4v) is 3.60. The highest BCUT2D eigenvalue weighted by atomic mass is 35.5. The van der Waals surface area contributed by atoms with E-state index in [9.17, 15) is 4.79 Å². The number of alkyl halides is 2. The lowest BCUT2D eigenvalue weighted by atomic mass is 9.99. The highest BCUT2D eigenvalue weighted by Crippen LogP contribution is 2.21. The third kappa shape index (κ3) is 5.93. The van der Waals surface area contributed by atoms with Gasteiger partial charge in [-0.25, -0.2) is 0 Å². The van der Waals surface area contributed by atoms with Crippen LogP contribution in [0.25, 0.3) is 0 Å². The van der Waals surface area contributed by atoms with Crippen molar-refractivity contribution >= 4 is 29.0 Å². The zero-order valence-electron chi connectivity index (χ0n) is 15.5. The van der Waals surface area contributed by atoms with E-state index in [1.54, 1.807) is 0 Å². The summed E-state index contributed by atoms with van der Waals surface area (Å²) in [6.45, 7) is 1.28. The lowest BCUT2D eigenvalue weighted by Crippen LogP contribution is -2.44. The first-order valence-electron chi connectivity index (χ1n) is 9.31. The van der Waals surface area contributed by atoms with E-state index in [1.165, 1.54) is 0 Å². The topological polar surface area (TPSA) is 20.3 Å². The summed E-state index contributed by atoms with van der Waals surface area (Å²) in [4.78, 5) is 14.1. The SMILES string of the molecule is O=C(C(Cl)Cl)C(Cc1ccccc1)N(Cc1ccccc1)Cc1ccccc1. The van der Waals surface area contributed by atoms with Crippen LogP contribution in [0, 0.1) is 0 Å². The van der Waals surface area contributed by atoms with E-state index in [4.69, 9.17) is 23.2 Å². The van der Waals surface area contributed by atoms with Gasteiger partial charge in [0.05, 0.1) is 6.04 Å². The van der Waals surface area contributed by atoms with E-state index >= 15 is 0 Å². The van der Waals surface area contributed by atoms with Gasteiger partial charge in [0.15, 0.2) is 10.6 Å². The first kappa shape index (κ1) is 20.6. The van der Waals surface area contributed by atoms with Gasteiger partial charge >= 0.3 is 0 Å². The zero-order chi connectivity index (χ0) is 19.8. The smallest absolute Gasteiger partial charge is 0.183 e. The van der Waals surface area contributed by atoms with E-state index in [1.807, 2.05) is 66.7 Å². The van der Waals surface area contributed by atoms with Crippen LogP contribution in [-0.2, 0) is 24.3 Å². The largest absolute Gasteiger partial charge is 0.295 e. The van der Waals surface area contributed by atoms with Gasteiger partial charge in [-0.05, 0) is 23.1 Å². The summed E-state index contributed by atoms with van der Waals surface area (Å²) >= 11 is 12.1. The Balaban J connectivity index is 1.92. The van der Waals surface area contributed by atoms with E-state index in [0.717, 1.165) is 16.7 Å². The second-order valence-corrected chi connectivity index (χ2v) is 7.88. The first-order chi connectivity index (χ1) is 13.6. The molecule has 4 heteroatoms. The van der Waals surface area contributed by atoms with Gasteiger partial charge in [-0.15, -0.1) is 0 Å². The van der Waals surface area contributed by atoms with Crippen molar-refractivity contribution in [2.75, 3.05) is 0 Å². The molecule has 0 bridgehead atoms. The number of hydrogen-bond donors (Lipinski definition) is 0. The van der Waals surface area contributed by atoms with Crippen LogP contribution in [0.4, 0.5) is 0 Å². The summed E-state index contributed by atoms with van der Waals surface area (Å²) in [5.41, 5.74) is 3.37. The Bertz CT molecular complexity index is 812. The average molecular weight is 412 g/mol. The third-order valence-corrected chi connectivity index (χ3v) is 5.14. The molecule has 3 rings (SSSR count). The molecule has 0 aromatic heterocycles. The van der Waals surface area contributed by atoms with Crippen LogP contribution in [0.2, 0.25) is 0 Å². The molecule has 3 aromatic rings. The number of carbonyl (C=O) groups excluding carboxylic acids is 1. The maximum absolute atomic E-state index is 13.0. The fourth-order valence-electron chi connectivity index (χ4n) is 3.30. The number of carbonyl (C=O) groups is 1. The number of ketones is 1. The molecule has 0 saturated carbocycles. The van der Waals surface area contributed by atoms with Crippen LogP contribution < -0.4 is 0 Å². The number of halogens is 2. The molecular weight excluding hydrogens is 389 g/mol. The maximum atomic E-state index is 13.0. The van der Waals surface area contributed by atoms with Gasteiger partial charge in [-0.1, -0.05) is 114 Å². The van der Waals surface area contributed by atoms with Crippen LogP contribution in [0.5, 0.6) is 0 Å². The molecule has 0 radical (unpaired) electrons. The van der Waals surface area contributed by atoms with Gasteiger partial charge in [-0.3, -0.25) is 9.69 Å². The predicted octanol–water partition coefficient (Wildman–Crippen LogP) is 5.67. The summed E-state index contributed by atoms with van der Waals surface area (Å²) in [7, 11) is 0. The Morgan fingerprint density at radius 1 is 0.679 bits per heavy atom. The molecule has 0 aliphatic rings. The lowest BCUT2D eigenvalue weighted by molar-refractivity contribution is -0.123. The Hall–Kier alpha value is -2.13. The zero-order valence-corrected chi connectivity index (χ0v) is 17.1. The Kier molecular flexibility index (Phi) is 7.67. The Labute approximate surface area is 176 Å². The first-order valence-corrected chi connectivity index (χ1v) is 10.2.